The second-order valence-corrected chi connectivity index (χ2v) is 5.02. The minimum Gasteiger partial charge on any atom is -0.481 e. The second kappa shape index (κ2) is 7.06. The van der Waals surface area contributed by atoms with Gasteiger partial charge in [-0.3, -0.25) is 9.59 Å². The quantitative estimate of drug-likeness (QED) is 0.827. The third-order valence-electron chi connectivity index (χ3n) is 2.49. The first-order valence-electron chi connectivity index (χ1n) is 5.65. The summed E-state index contributed by atoms with van der Waals surface area (Å²) in [6.45, 7) is 3.92. The van der Waals surface area contributed by atoms with Crippen molar-refractivity contribution in [2.75, 3.05) is 11.5 Å². The summed E-state index contributed by atoms with van der Waals surface area (Å²) in [7, 11) is 0. The van der Waals surface area contributed by atoms with E-state index in [1.807, 2.05) is 38.1 Å². The van der Waals surface area contributed by atoms with Crippen molar-refractivity contribution in [3.63, 3.8) is 0 Å². The lowest BCUT2D eigenvalue weighted by Gasteiger charge is -2.16. The van der Waals surface area contributed by atoms with Gasteiger partial charge in [-0.2, -0.15) is 0 Å². The molecule has 0 aliphatic heterocycles. The van der Waals surface area contributed by atoms with Gasteiger partial charge in [0.15, 0.2) is 0 Å². The van der Waals surface area contributed by atoms with E-state index in [4.69, 9.17) is 5.11 Å². The molecular weight excluding hydrogens is 250 g/mol. The van der Waals surface area contributed by atoms with E-state index in [1.54, 1.807) is 0 Å². The Kier molecular flexibility index (Phi) is 5.71. The number of aryl methyl sites for hydroxylation is 1. The molecule has 5 heteroatoms. The predicted octanol–water partition coefficient (Wildman–Crippen LogP) is 1.99. The molecule has 1 aromatic rings. The smallest absolute Gasteiger partial charge is 0.313 e. The van der Waals surface area contributed by atoms with Gasteiger partial charge in [0.25, 0.3) is 0 Å². The van der Waals surface area contributed by atoms with Crippen LogP contribution in [-0.4, -0.2) is 28.5 Å². The molecule has 0 aliphatic rings. The van der Waals surface area contributed by atoms with E-state index < -0.39 is 5.97 Å². The van der Waals surface area contributed by atoms with E-state index in [9.17, 15) is 9.59 Å². The van der Waals surface area contributed by atoms with Gasteiger partial charge < -0.3 is 10.4 Å². The van der Waals surface area contributed by atoms with Gasteiger partial charge >= 0.3 is 5.97 Å². The van der Waals surface area contributed by atoms with Crippen molar-refractivity contribution in [1.29, 1.82) is 0 Å². The van der Waals surface area contributed by atoms with Gasteiger partial charge in [-0.05, 0) is 25.0 Å². The molecule has 0 bridgehead atoms. The molecule has 18 heavy (non-hydrogen) atoms. The fraction of sp³-hybridized carbons (Fsp3) is 0.385. The minimum atomic E-state index is -0.903. The van der Waals surface area contributed by atoms with Gasteiger partial charge in [0.05, 0.1) is 17.5 Å². The van der Waals surface area contributed by atoms with Crippen molar-refractivity contribution >= 4 is 23.6 Å². The van der Waals surface area contributed by atoms with Crippen LogP contribution in [0, 0.1) is 6.92 Å². The summed E-state index contributed by atoms with van der Waals surface area (Å²) in [6, 6.07) is 7.80. The Morgan fingerprint density at radius 2 is 2.00 bits per heavy atom. The molecule has 1 amide bonds. The molecule has 2 N–H and O–H groups in total. The van der Waals surface area contributed by atoms with Crippen LogP contribution >= 0.6 is 11.8 Å². The van der Waals surface area contributed by atoms with Crippen molar-refractivity contribution in [3.8, 4) is 0 Å². The van der Waals surface area contributed by atoms with Crippen LogP contribution in [0.15, 0.2) is 24.3 Å². The minimum absolute atomic E-state index is 0.0494. The molecule has 0 unspecified atom stereocenters. The zero-order valence-corrected chi connectivity index (χ0v) is 11.3. The molecule has 0 saturated carbocycles. The van der Waals surface area contributed by atoms with Gasteiger partial charge in [0, 0.05) is 0 Å². The van der Waals surface area contributed by atoms with E-state index >= 15 is 0 Å². The Morgan fingerprint density at radius 1 is 1.33 bits per heavy atom. The molecule has 1 atom stereocenters. The van der Waals surface area contributed by atoms with Gasteiger partial charge in [-0.1, -0.05) is 24.3 Å². The molecule has 0 aromatic heterocycles. The maximum absolute atomic E-state index is 11.6. The number of carboxylic acid groups (broad SMARTS) is 1. The Morgan fingerprint density at radius 3 is 2.61 bits per heavy atom. The lowest BCUT2D eigenvalue weighted by molar-refractivity contribution is -0.133. The summed E-state index contributed by atoms with van der Waals surface area (Å²) in [5, 5.41) is 11.3. The number of carboxylic acids is 1. The molecule has 0 fully saturated rings. The molecule has 0 radical (unpaired) electrons. The number of thioether (sulfide) groups is 1. The normalized spacial score (nSPS) is 11.9. The highest BCUT2D eigenvalue weighted by atomic mass is 32.2. The fourth-order valence-electron chi connectivity index (χ4n) is 1.66. The first-order chi connectivity index (χ1) is 8.50. The number of hydrogen-bond donors (Lipinski definition) is 2. The first kappa shape index (κ1) is 14.6. The van der Waals surface area contributed by atoms with Crippen molar-refractivity contribution < 1.29 is 14.7 Å². The van der Waals surface area contributed by atoms with Crippen LogP contribution < -0.4 is 5.32 Å². The van der Waals surface area contributed by atoms with Crippen LogP contribution in [0.3, 0.4) is 0 Å². The summed E-state index contributed by atoms with van der Waals surface area (Å²) in [5.41, 5.74) is 2.21. The molecule has 0 spiro atoms. The number of carbonyl (C=O) groups is 2. The monoisotopic (exact) mass is 267 g/mol. The standard InChI is InChI=1S/C13H17NO3S/c1-9-5-3-4-6-11(9)10(2)14-12(15)7-18-8-13(16)17/h3-6,10H,7-8H2,1-2H3,(H,14,15)(H,16,17)/t10-/m1/s1. The number of amides is 1. The summed E-state index contributed by atoms with van der Waals surface area (Å²) in [4.78, 5) is 21.9. The highest BCUT2D eigenvalue weighted by molar-refractivity contribution is 8.00. The van der Waals surface area contributed by atoms with Crippen molar-refractivity contribution in [2.24, 2.45) is 0 Å². The van der Waals surface area contributed by atoms with Crippen LogP contribution in [0.1, 0.15) is 24.1 Å². The molecule has 98 valence electrons. The number of carbonyl (C=O) groups excluding carboxylic acids is 1. The van der Waals surface area contributed by atoms with Crippen molar-refractivity contribution in [1.82, 2.24) is 5.32 Å². The Balaban J connectivity index is 2.45. The van der Waals surface area contributed by atoms with Gasteiger partial charge in [0.2, 0.25) is 5.91 Å². The molecular formula is C13H17NO3S. The lowest BCUT2D eigenvalue weighted by Crippen LogP contribution is -2.28. The van der Waals surface area contributed by atoms with E-state index in [-0.39, 0.29) is 23.5 Å². The zero-order valence-electron chi connectivity index (χ0n) is 10.5. The molecule has 0 aliphatic carbocycles. The highest BCUT2D eigenvalue weighted by Crippen LogP contribution is 2.16. The molecule has 0 saturated heterocycles. The lowest BCUT2D eigenvalue weighted by atomic mass is 10.0. The van der Waals surface area contributed by atoms with Gasteiger partial charge in [-0.15, -0.1) is 11.8 Å². The Hall–Kier alpha value is -1.49. The molecule has 1 rings (SSSR count). The summed E-state index contributed by atoms with van der Waals surface area (Å²) in [6.07, 6.45) is 0. The second-order valence-electron chi connectivity index (χ2n) is 4.03. The predicted molar refractivity (Wildman–Crippen MR) is 72.7 cm³/mol. The highest BCUT2D eigenvalue weighted by Gasteiger charge is 2.11. The average molecular weight is 267 g/mol. The Bertz CT molecular complexity index is 434. The fourth-order valence-corrected chi connectivity index (χ4v) is 2.21. The summed E-state index contributed by atoms with van der Waals surface area (Å²) in [5.74, 6) is -0.925. The maximum Gasteiger partial charge on any atom is 0.313 e. The van der Waals surface area contributed by atoms with E-state index in [0.717, 1.165) is 22.9 Å². The number of nitrogens with one attached hydrogen (secondary N) is 1. The van der Waals surface area contributed by atoms with E-state index in [2.05, 4.69) is 5.32 Å². The number of aliphatic carboxylic acids is 1. The maximum atomic E-state index is 11.6. The van der Waals surface area contributed by atoms with Gasteiger partial charge in [0.1, 0.15) is 0 Å². The largest absolute Gasteiger partial charge is 0.481 e. The van der Waals surface area contributed by atoms with Crippen molar-refractivity contribution in [2.45, 2.75) is 19.9 Å². The number of hydrogen-bond acceptors (Lipinski definition) is 3. The van der Waals surface area contributed by atoms with E-state index in [0.29, 0.717) is 0 Å². The van der Waals surface area contributed by atoms with Crippen LogP contribution in [0.25, 0.3) is 0 Å². The molecule has 4 nitrogen and oxygen atoms in total. The van der Waals surface area contributed by atoms with Crippen LogP contribution in [-0.2, 0) is 9.59 Å². The van der Waals surface area contributed by atoms with E-state index in [1.165, 1.54) is 0 Å². The molecule has 0 heterocycles. The third kappa shape index (κ3) is 4.79. The molecule has 1 aromatic carbocycles. The topological polar surface area (TPSA) is 66.4 Å². The Labute approximate surface area is 111 Å². The zero-order chi connectivity index (χ0) is 13.5. The van der Waals surface area contributed by atoms with Crippen molar-refractivity contribution in [3.05, 3.63) is 35.4 Å². The van der Waals surface area contributed by atoms with Crippen LogP contribution in [0.2, 0.25) is 0 Å². The average Bonchev–Trinajstić information content (AvgIpc) is 2.28. The van der Waals surface area contributed by atoms with Crippen LogP contribution in [0.4, 0.5) is 0 Å². The van der Waals surface area contributed by atoms with Gasteiger partial charge in [-0.25, -0.2) is 0 Å². The number of benzene rings is 1. The van der Waals surface area contributed by atoms with Crippen LogP contribution in [0.5, 0.6) is 0 Å². The summed E-state index contributed by atoms with van der Waals surface area (Å²) >= 11 is 1.10. The third-order valence-corrected chi connectivity index (χ3v) is 3.41. The summed E-state index contributed by atoms with van der Waals surface area (Å²) < 4.78 is 0. The first-order valence-corrected chi connectivity index (χ1v) is 6.80. The number of rotatable bonds is 6. The SMILES string of the molecule is Cc1ccccc1[C@@H](C)NC(=O)CSCC(=O)O.